The van der Waals surface area contributed by atoms with Crippen LogP contribution < -0.4 is 4.74 Å². The molecule has 1 N–H and O–H groups in total. The van der Waals surface area contributed by atoms with Crippen LogP contribution in [0.5, 0.6) is 5.88 Å². The fraction of sp³-hybridized carbons (Fsp3) is 0.286. The summed E-state index contributed by atoms with van der Waals surface area (Å²) in [5.74, 6) is 0.479. The zero-order chi connectivity index (χ0) is 13.8. The van der Waals surface area contributed by atoms with Gasteiger partial charge in [0.15, 0.2) is 0 Å². The van der Waals surface area contributed by atoms with Crippen molar-refractivity contribution in [1.82, 2.24) is 9.97 Å². The maximum atomic E-state index is 10.3. The molecule has 0 radical (unpaired) electrons. The molecule has 2 rings (SSSR count). The Morgan fingerprint density at radius 1 is 1.37 bits per heavy atom. The van der Waals surface area contributed by atoms with Crippen molar-refractivity contribution in [2.45, 2.75) is 19.4 Å². The molecule has 5 heteroatoms. The molecule has 1 aromatic heterocycles. The number of aryl methyl sites for hydroxylation is 1. The van der Waals surface area contributed by atoms with E-state index in [9.17, 15) is 5.11 Å². The summed E-state index contributed by atoms with van der Waals surface area (Å²) in [5, 5.41) is 10.9. The molecular formula is C14H15ClN2O2. The first kappa shape index (κ1) is 13.8. The summed E-state index contributed by atoms with van der Waals surface area (Å²) < 4.78 is 5.03. The number of aliphatic hydroxyl groups excluding tert-OH is 1. The number of halogens is 1. The Labute approximate surface area is 117 Å². The lowest BCUT2D eigenvalue weighted by Crippen LogP contribution is -2.05. The molecule has 19 heavy (non-hydrogen) atoms. The van der Waals surface area contributed by atoms with Crippen molar-refractivity contribution in [2.24, 2.45) is 0 Å². The molecule has 0 aliphatic carbocycles. The molecule has 4 nitrogen and oxygen atoms in total. The zero-order valence-corrected chi connectivity index (χ0v) is 11.6. The zero-order valence-electron chi connectivity index (χ0n) is 10.8. The Balaban J connectivity index is 2.20. The Bertz CT molecular complexity index is 575. The van der Waals surface area contributed by atoms with Gasteiger partial charge < -0.3 is 9.84 Å². The summed E-state index contributed by atoms with van der Waals surface area (Å²) in [6.45, 7) is 1.91. The quantitative estimate of drug-likeness (QED) is 0.934. The van der Waals surface area contributed by atoms with Gasteiger partial charge in [-0.05, 0) is 18.1 Å². The van der Waals surface area contributed by atoms with Gasteiger partial charge in [0, 0.05) is 17.5 Å². The monoisotopic (exact) mass is 278 g/mol. The number of methoxy groups -OCH3 is 1. The number of aliphatic hydroxyl groups is 1. The first-order chi connectivity index (χ1) is 9.11. The molecule has 1 aromatic carbocycles. The number of nitrogens with zero attached hydrogens (tertiary/aromatic N) is 2. The molecule has 0 saturated heterocycles. The van der Waals surface area contributed by atoms with Crippen LogP contribution in [0.4, 0.5) is 0 Å². The first-order valence-electron chi connectivity index (χ1n) is 5.90. The van der Waals surface area contributed by atoms with Gasteiger partial charge in [-0.1, -0.05) is 29.8 Å². The summed E-state index contributed by atoms with van der Waals surface area (Å²) in [6, 6.07) is 7.30. The van der Waals surface area contributed by atoms with Gasteiger partial charge in [0.2, 0.25) is 5.88 Å². The number of rotatable bonds is 4. The van der Waals surface area contributed by atoms with Crippen molar-refractivity contribution in [2.75, 3.05) is 7.11 Å². The van der Waals surface area contributed by atoms with Gasteiger partial charge in [0.25, 0.3) is 0 Å². The van der Waals surface area contributed by atoms with E-state index in [4.69, 9.17) is 16.3 Å². The molecule has 0 aliphatic rings. The second-order valence-electron chi connectivity index (χ2n) is 4.25. The molecule has 1 unspecified atom stereocenters. The summed E-state index contributed by atoms with van der Waals surface area (Å²) in [4.78, 5) is 8.04. The van der Waals surface area contributed by atoms with Crippen molar-refractivity contribution in [3.8, 4) is 5.88 Å². The Morgan fingerprint density at radius 2 is 2.16 bits per heavy atom. The van der Waals surface area contributed by atoms with Crippen molar-refractivity contribution >= 4 is 11.6 Å². The van der Waals surface area contributed by atoms with Crippen LogP contribution in [0.3, 0.4) is 0 Å². The van der Waals surface area contributed by atoms with E-state index in [1.807, 2.05) is 25.1 Å². The molecule has 2 aromatic rings. The third kappa shape index (κ3) is 3.22. The second-order valence-corrected chi connectivity index (χ2v) is 4.63. The minimum atomic E-state index is -0.702. The molecule has 1 heterocycles. The Morgan fingerprint density at radius 3 is 2.89 bits per heavy atom. The SMILES string of the molecule is COc1cc(CC(O)c2cccc(C)c2Cl)ncn1. The first-order valence-corrected chi connectivity index (χ1v) is 6.27. The van der Waals surface area contributed by atoms with Gasteiger partial charge in [-0.2, -0.15) is 0 Å². The predicted molar refractivity (Wildman–Crippen MR) is 73.4 cm³/mol. The highest BCUT2D eigenvalue weighted by molar-refractivity contribution is 6.32. The van der Waals surface area contributed by atoms with Gasteiger partial charge >= 0.3 is 0 Å². The molecule has 0 saturated carbocycles. The number of hydrogen-bond donors (Lipinski definition) is 1. The molecule has 0 spiro atoms. The van der Waals surface area contributed by atoms with E-state index in [0.717, 1.165) is 5.56 Å². The maximum Gasteiger partial charge on any atom is 0.216 e. The van der Waals surface area contributed by atoms with Crippen molar-refractivity contribution in [3.05, 3.63) is 52.4 Å². The number of aromatic nitrogens is 2. The van der Waals surface area contributed by atoms with Gasteiger partial charge in [-0.3, -0.25) is 0 Å². The van der Waals surface area contributed by atoms with E-state index in [-0.39, 0.29) is 0 Å². The van der Waals surface area contributed by atoms with E-state index < -0.39 is 6.10 Å². The average Bonchev–Trinajstić information content (AvgIpc) is 2.42. The number of ether oxygens (including phenoxy) is 1. The van der Waals surface area contributed by atoms with Gasteiger partial charge in [0.05, 0.1) is 18.9 Å². The van der Waals surface area contributed by atoms with E-state index in [2.05, 4.69) is 9.97 Å². The van der Waals surface area contributed by atoms with E-state index in [1.54, 1.807) is 13.2 Å². The highest BCUT2D eigenvalue weighted by Gasteiger charge is 2.14. The third-order valence-electron chi connectivity index (χ3n) is 2.89. The van der Waals surface area contributed by atoms with E-state index in [1.165, 1.54) is 6.33 Å². The lowest BCUT2D eigenvalue weighted by Gasteiger charge is -2.13. The number of benzene rings is 1. The molecule has 0 bridgehead atoms. The summed E-state index contributed by atoms with van der Waals surface area (Å²) in [5.41, 5.74) is 2.36. The fourth-order valence-electron chi connectivity index (χ4n) is 1.84. The Kier molecular flexibility index (Phi) is 4.35. The number of hydrogen-bond acceptors (Lipinski definition) is 4. The third-order valence-corrected chi connectivity index (χ3v) is 3.41. The van der Waals surface area contributed by atoms with Crippen LogP contribution in [0.2, 0.25) is 5.02 Å². The van der Waals surface area contributed by atoms with Gasteiger partial charge in [-0.25, -0.2) is 9.97 Å². The van der Waals surface area contributed by atoms with Crippen LogP contribution in [-0.4, -0.2) is 22.2 Å². The maximum absolute atomic E-state index is 10.3. The highest BCUT2D eigenvalue weighted by atomic mass is 35.5. The fourth-order valence-corrected chi connectivity index (χ4v) is 2.09. The molecule has 0 aliphatic heterocycles. The highest BCUT2D eigenvalue weighted by Crippen LogP contribution is 2.28. The molecule has 1 atom stereocenters. The summed E-state index contributed by atoms with van der Waals surface area (Å²) in [6.07, 6.45) is 1.08. The topological polar surface area (TPSA) is 55.2 Å². The van der Waals surface area contributed by atoms with Crippen LogP contribution in [-0.2, 0) is 6.42 Å². The van der Waals surface area contributed by atoms with Crippen LogP contribution in [0, 0.1) is 6.92 Å². The summed E-state index contributed by atoms with van der Waals surface area (Å²) >= 11 is 6.20. The van der Waals surface area contributed by atoms with Crippen LogP contribution in [0.15, 0.2) is 30.6 Å². The average molecular weight is 279 g/mol. The normalized spacial score (nSPS) is 12.2. The standard InChI is InChI=1S/C14H15ClN2O2/c1-9-4-3-5-11(14(9)15)12(18)6-10-7-13(19-2)17-8-16-10/h3-5,7-8,12,18H,6H2,1-2H3. The van der Waals surface area contributed by atoms with Gasteiger partial charge in [-0.15, -0.1) is 0 Å². The second kappa shape index (κ2) is 5.99. The van der Waals surface area contributed by atoms with E-state index in [0.29, 0.717) is 28.6 Å². The minimum absolute atomic E-state index is 0.363. The van der Waals surface area contributed by atoms with Crippen LogP contribution in [0.25, 0.3) is 0 Å². The van der Waals surface area contributed by atoms with Gasteiger partial charge in [0.1, 0.15) is 6.33 Å². The Hall–Kier alpha value is -1.65. The lowest BCUT2D eigenvalue weighted by molar-refractivity contribution is 0.177. The molecule has 0 amide bonds. The predicted octanol–water partition coefficient (Wildman–Crippen LogP) is 2.72. The summed E-state index contributed by atoms with van der Waals surface area (Å²) in [7, 11) is 1.54. The molecule has 0 fully saturated rings. The van der Waals surface area contributed by atoms with Crippen molar-refractivity contribution in [3.63, 3.8) is 0 Å². The lowest BCUT2D eigenvalue weighted by atomic mass is 10.0. The molecule has 100 valence electrons. The van der Waals surface area contributed by atoms with E-state index >= 15 is 0 Å². The minimum Gasteiger partial charge on any atom is -0.481 e. The van der Waals surface area contributed by atoms with Crippen molar-refractivity contribution < 1.29 is 9.84 Å². The van der Waals surface area contributed by atoms with Crippen LogP contribution in [0.1, 0.15) is 22.9 Å². The van der Waals surface area contributed by atoms with Crippen molar-refractivity contribution in [1.29, 1.82) is 0 Å². The smallest absolute Gasteiger partial charge is 0.216 e. The largest absolute Gasteiger partial charge is 0.481 e. The molecular weight excluding hydrogens is 264 g/mol. The van der Waals surface area contributed by atoms with Crippen LogP contribution >= 0.6 is 11.6 Å².